The number of aliphatic hydroxyl groups excluding tert-OH is 1. The second-order valence-electron chi connectivity index (χ2n) is 14.4. The van der Waals surface area contributed by atoms with Crippen molar-refractivity contribution in [2.75, 3.05) is 6.54 Å². The smallest absolute Gasteiger partial charge is 0.303 e. The van der Waals surface area contributed by atoms with E-state index < -0.39 is 12.3 Å². The number of amides is 1. The number of carbonyl (C=O) groups excluding carboxylic acids is 1. The molecule has 55 heavy (non-hydrogen) atoms. The first-order valence-electron chi connectivity index (χ1n) is 19.4. The zero-order valence-corrected chi connectivity index (χ0v) is 31.4. The number of ether oxygens (including phenoxy) is 2. The second-order valence-corrected chi connectivity index (χ2v) is 14.4. The molecule has 3 N–H and O–H groups in total. The van der Waals surface area contributed by atoms with Crippen LogP contribution < -0.4 is 5.32 Å². The third-order valence-electron chi connectivity index (χ3n) is 10.1. The van der Waals surface area contributed by atoms with Crippen LogP contribution in [0, 0.1) is 0 Å². The summed E-state index contributed by atoms with van der Waals surface area (Å²) in [6, 6.07) is 45.5. The molecule has 6 rings (SSSR count). The molecule has 0 saturated carbocycles. The molecule has 0 bridgehead atoms. The van der Waals surface area contributed by atoms with Gasteiger partial charge in [-0.15, -0.1) is 0 Å². The zero-order valence-electron chi connectivity index (χ0n) is 31.4. The molecule has 1 aliphatic heterocycles. The molecular weight excluding hydrogens is 689 g/mol. The molecule has 8 heteroatoms. The predicted octanol–water partition coefficient (Wildman–Crippen LogP) is 9.14. The molecule has 286 valence electrons. The Morgan fingerprint density at radius 2 is 1.25 bits per heavy atom. The molecule has 1 fully saturated rings. The summed E-state index contributed by atoms with van der Waals surface area (Å²) in [6.07, 6.45) is 3.46. The van der Waals surface area contributed by atoms with Gasteiger partial charge in [-0.25, -0.2) is 0 Å². The maximum Gasteiger partial charge on any atom is 0.303 e. The molecule has 0 radical (unpaired) electrons. The van der Waals surface area contributed by atoms with E-state index in [0.717, 1.165) is 72.3 Å². The number of rotatable bonds is 19. The van der Waals surface area contributed by atoms with Crippen molar-refractivity contribution in [3.05, 3.63) is 167 Å². The average Bonchev–Trinajstić information content (AvgIpc) is 3.22. The normalized spacial score (nSPS) is 16.9. The molecular formula is C47H52N2O6. The highest BCUT2D eigenvalue weighted by atomic mass is 16.7. The minimum absolute atomic E-state index is 0.00352. The highest BCUT2D eigenvalue weighted by Crippen LogP contribution is 2.39. The fourth-order valence-electron chi connectivity index (χ4n) is 7.16. The Balaban J connectivity index is 1.15. The van der Waals surface area contributed by atoms with Gasteiger partial charge >= 0.3 is 5.97 Å². The molecule has 0 aromatic heterocycles. The maximum atomic E-state index is 12.6. The number of unbranched alkanes of at least 4 members (excludes halogenated alkanes) is 3. The third kappa shape index (κ3) is 12.2. The van der Waals surface area contributed by atoms with Crippen molar-refractivity contribution in [2.24, 2.45) is 0 Å². The van der Waals surface area contributed by atoms with E-state index in [9.17, 15) is 14.7 Å². The number of hydrogen-bond donors (Lipinski definition) is 3. The van der Waals surface area contributed by atoms with E-state index >= 15 is 0 Å². The Bertz CT molecular complexity index is 1880. The Labute approximate surface area is 324 Å². The number of aliphatic hydroxyl groups is 1. The third-order valence-corrected chi connectivity index (χ3v) is 10.1. The van der Waals surface area contributed by atoms with E-state index in [1.54, 1.807) is 0 Å². The van der Waals surface area contributed by atoms with Crippen molar-refractivity contribution in [1.29, 1.82) is 0 Å². The number of hydrogen-bond acceptors (Lipinski definition) is 6. The topological polar surface area (TPSA) is 108 Å². The van der Waals surface area contributed by atoms with Gasteiger partial charge in [-0.05, 0) is 51.8 Å². The van der Waals surface area contributed by atoms with Gasteiger partial charge in [0.2, 0.25) is 5.91 Å². The first kappa shape index (κ1) is 39.6. The van der Waals surface area contributed by atoms with Crippen LogP contribution in [0.4, 0.5) is 0 Å². The van der Waals surface area contributed by atoms with Gasteiger partial charge in [-0.3, -0.25) is 14.5 Å². The van der Waals surface area contributed by atoms with Crippen LogP contribution in [0.3, 0.4) is 0 Å². The molecule has 0 unspecified atom stereocenters. The quantitative estimate of drug-likeness (QED) is 0.0725. The fraction of sp³-hybridized carbons (Fsp3) is 0.319. The Morgan fingerprint density at radius 1 is 0.655 bits per heavy atom. The van der Waals surface area contributed by atoms with Gasteiger partial charge in [0.1, 0.15) is 0 Å². The van der Waals surface area contributed by atoms with Gasteiger partial charge in [-0.1, -0.05) is 146 Å². The van der Waals surface area contributed by atoms with E-state index in [-0.39, 0.29) is 31.1 Å². The minimum Gasteiger partial charge on any atom is -0.481 e. The van der Waals surface area contributed by atoms with Crippen molar-refractivity contribution in [3.63, 3.8) is 0 Å². The summed E-state index contributed by atoms with van der Waals surface area (Å²) in [7, 11) is 0. The Kier molecular flexibility index (Phi) is 14.8. The minimum atomic E-state index is -0.776. The maximum absolute atomic E-state index is 12.6. The summed E-state index contributed by atoms with van der Waals surface area (Å²) in [4.78, 5) is 25.8. The summed E-state index contributed by atoms with van der Waals surface area (Å²) in [5.74, 6) is -0.780. The lowest BCUT2D eigenvalue weighted by Gasteiger charge is -2.38. The Hall–Kier alpha value is -5.12. The van der Waals surface area contributed by atoms with Crippen LogP contribution in [0.2, 0.25) is 0 Å². The number of carbonyl (C=O) groups is 2. The number of benzene rings is 5. The highest BCUT2D eigenvalue weighted by molar-refractivity contribution is 5.76. The van der Waals surface area contributed by atoms with Gasteiger partial charge in [0.15, 0.2) is 6.29 Å². The van der Waals surface area contributed by atoms with Crippen LogP contribution in [0.25, 0.3) is 11.1 Å². The van der Waals surface area contributed by atoms with Crippen molar-refractivity contribution in [2.45, 2.75) is 89.7 Å². The predicted molar refractivity (Wildman–Crippen MR) is 214 cm³/mol. The van der Waals surface area contributed by atoms with Crippen molar-refractivity contribution in [3.8, 4) is 11.1 Å². The van der Waals surface area contributed by atoms with Crippen LogP contribution >= 0.6 is 0 Å². The van der Waals surface area contributed by atoms with Crippen LogP contribution in [0.5, 0.6) is 0 Å². The first-order chi connectivity index (χ1) is 26.9. The standard InChI is InChI=1S/C47H52N2O6/c50-34-37-21-23-39(24-22-37)44-29-42(33-49(31-35-13-5-3-6-14-35)32-36-15-7-4-8-16-36)54-47(55-44)40-27-25-38(26-28-40)43-18-12-11-17-41(43)30-48-45(51)19-9-1-2-10-20-46(52)53/h3-8,11-18,21-28,42,44,47,50H,1-2,9-10,19-20,29-34H2,(H,48,51)(H,52,53)/t42-,44+,47+/m0/s1. The monoisotopic (exact) mass is 740 g/mol. The summed E-state index contributed by atoms with van der Waals surface area (Å²) >= 11 is 0. The molecule has 5 aromatic rings. The van der Waals surface area contributed by atoms with Crippen LogP contribution in [0.15, 0.2) is 133 Å². The average molecular weight is 741 g/mol. The summed E-state index contributed by atoms with van der Waals surface area (Å²) in [6.45, 7) is 2.72. The van der Waals surface area contributed by atoms with Gasteiger partial charge < -0.3 is 25.0 Å². The number of nitrogens with one attached hydrogen (secondary N) is 1. The summed E-state index contributed by atoms with van der Waals surface area (Å²) in [5.41, 5.74) is 8.45. The second kappa shape index (κ2) is 20.5. The number of carboxylic acids is 1. The SMILES string of the molecule is O=C(O)CCCCCCC(=O)NCc1ccccc1-c1ccc([C@@H]2O[C@H](CN(Cc3ccccc3)Cc3ccccc3)C[C@H](c3ccc(CO)cc3)O2)cc1. The van der Waals surface area contributed by atoms with Gasteiger partial charge in [-0.2, -0.15) is 0 Å². The van der Waals surface area contributed by atoms with E-state index in [0.29, 0.717) is 25.8 Å². The van der Waals surface area contributed by atoms with Gasteiger partial charge in [0.05, 0.1) is 18.8 Å². The number of aliphatic carboxylic acids is 1. The largest absolute Gasteiger partial charge is 0.481 e. The zero-order chi connectivity index (χ0) is 38.2. The fourth-order valence-corrected chi connectivity index (χ4v) is 7.16. The highest BCUT2D eigenvalue weighted by Gasteiger charge is 2.33. The van der Waals surface area contributed by atoms with Crippen molar-refractivity contribution in [1.82, 2.24) is 10.2 Å². The van der Waals surface area contributed by atoms with E-state index in [1.807, 2.05) is 54.6 Å². The van der Waals surface area contributed by atoms with Gasteiger partial charge in [0.25, 0.3) is 0 Å². The van der Waals surface area contributed by atoms with Gasteiger partial charge in [0, 0.05) is 51.0 Å². The molecule has 0 aliphatic carbocycles. The molecule has 1 saturated heterocycles. The number of nitrogens with zero attached hydrogens (tertiary/aromatic N) is 1. The molecule has 1 heterocycles. The van der Waals surface area contributed by atoms with Crippen molar-refractivity contribution >= 4 is 11.9 Å². The molecule has 1 aliphatic rings. The molecule has 8 nitrogen and oxygen atoms in total. The molecule has 0 spiro atoms. The van der Waals surface area contributed by atoms with E-state index in [4.69, 9.17) is 14.6 Å². The van der Waals surface area contributed by atoms with E-state index in [1.165, 1.54) is 11.1 Å². The lowest BCUT2D eigenvalue weighted by atomic mass is 9.97. The van der Waals surface area contributed by atoms with E-state index in [2.05, 4.69) is 89.1 Å². The van der Waals surface area contributed by atoms with Crippen LogP contribution in [-0.2, 0) is 45.3 Å². The van der Waals surface area contributed by atoms with Crippen molar-refractivity contribution < 1.29 is 29.3 Å². The Morgan fingerprint density at radius 3 is 1.89 bits per heavy atom. The summed E-state index contributed by atoms with van der Waals surface area (Å²) < 4.78 is 13.5. The molecule has 1 amide bonds. The first-order valence-corrected chi connectivity index (χ1v) is 19.4. The lowest BCUT2D eigenvalue weighted by molar-refractivity contribution is -0.253. The number of carboxylic acid groups (broad SMARTS) is 1. The lowest BCUT2D eigenvalue weighted by Crippen LogP contribution is -2.39. The van der Waals surface area contributed by atoms with Crippen LogP contribution in [0.1, 0.15) is 90.7 Å². The molecule has 3 atom stereocenters. The molecule has 5 aromatic carbocycles. The van der Waals surface area contributed by atoms with Crippen LogP contribution in [-0.4, -0.2) is 39.6 Å². The summed E-state index contributed by atoms with van der Waals surface area (Å²) in [5, 5.41) is 21.5.